The highest BCUT2D eigenvalue weighted by atomic mass is 79.9. The molecule has 0 fully saturated rings. The summed E-state index contributed by atoms with van der Waals surface area (Å²) in [5.41, 5.74) is 1.66. The van der Waals surface area contributed by atoms with Gasteiger partial charge in [-0.15, -0.1) is 0 Å². The Bertz CT molecular complexity index is 533. The Morgan fingerprint density at radius 1 is 1.48 bits per heavy atom. The number of carbonyl (C=O) groups is 2. The van der Waals surface area contributed by atoms with Crippen molar-refractivity contribution in [2.24, 2.45) is 0 Å². The smallest absolute Gasteiger partial charge is 0.329 e. The third kappa shape index (κ3) is 4.23. The van der Waals surface area contributed by atoms with Gasteiger partial charge in [0, 0.05) is 5.75 Å². The summed E-state index contributed by atoms with van der Waals surface area (Å²) < 4.78 is 7.39. The minimum Gasteiger partial charge on any atom is -0.464 e. The summed E-state index contributed by atoms with van der Waals surface area (Å²) in [5.74, 6) is -0.610. The molecule has 0 radical (unpaired) electrons. The molecule has 1 aromatic rings. The van der Waals surface area contributed by atoms with E-state index in [9.17, 15) is 9.59 Å². The van der Waals surface area contributed by atoms with Crippen molar-refractivity contribution in [3.63, 3.8) is 0 Å². The van der Waals surface area contributed by atoms with Gasteiger partial charge in [-0.05, 0) is 43.6 Å². The number of thiol groups is 1. The molecule has 0 bridgehead atoms. The lowest BCUT2D eigenvalue weighted by Gasteiger charge is -2.19. The Morgan fingerprint density at radius 2 is 2.10 bits per heavy atom. The first-order chi connectivity index (χ1) is 9.83. The van der Waals surface area contributed by atoms with E-state index in [-0.39, 0.29) is 18.3 Å². The third-order valence-corrected chi connectivity index (χ3v) is 4.57. The summed E-state index contributed by atoms with van der Waals surface area (Å²) in [7, 11) is 0. The molecule has 21 heavy (non-hydrogen) atoms. The molecule has 0 aromatic carbocycles. The minimum atomic E-state index is -0.761. The van der Waals surface area contributed by atoms with E-state index in [2.05, 4.69) is 39.0 Å². The number of hydrogen-bond acceptors (Lipinski definition) is 5. The average Bonchev–Trinajstić information content (AvgIpc) is 2.71. The highest BCUT2D eigenvalue weighted by Gasteiger charge is 2.26. The molecule has 1 N–H and O–H groups in total. The zero-order chi connectivity index (χ0) is 16.2. The van der Waals surface area contributed by atoms with Crippen molar-refractivity contribution in [1.29, 1.82) is 0 Å². The standard InChI is InChI=1S/C13H20BrN3O3S/c1-5-20-13(19)10(6-21)15-12(18)9(4)17-8(3)11(14)7(2)16-17/h9-10,21H,5-6H2,1-4H3,(H,15,18)/t9?,10-/m0/s1. The SMILES string of the molecule is CCOC(=O)[C@H](CS)NC(=O)C(C)n1nc(C)c(Br)c1C. The maximum absolute atomic E-state index is 12.3. The van der Waals surface area contributed by atoms with Gasteiger partial charge < -0.3 is 10.1 Å². The van der Waals surface area contributed by atoms with E-state index in [1.54, 1.807) is 18.5 Å². The second kappa shape index (κ2) is 7.84. The number of nitrogens with one attached hydrogen (secondary N) is 1. The van der Waals surface area contributed by atoms with Crippen LogP contribution in [0.3, 0.4) is 0 Å². The van der Waals surface area contributed by atoms with Crippen LogP contribution < -0.4 is 5.32 Å². The first-order valence-corrected chi connectivity index (χ1v) is 8.05. The van der Waals surface area contributed by atoms with Crippen LogP contribution >= 0.6 is 28.6 Å². The molecule has 0 saturated heterocycles. The van der Waals surface area contributed by atoms with Crippen molar-refractivity contribution in [3.05, 3.63) is 15.9 Å². The van der Waals surface area contributed by atoms with Crippen LogP contribution in [0, 0.1) is 13.8 Å². The van der Waals surface area contributed by atoms with Gasteiger partial charge >= 0.3 is 5.97 Å². The first kappa shape index (κ1) is 18.0. The third-order valence-electron chi connectivity index (χ3n) is 3.05. The molecule has 1 rings (SSSR count). The van der Waals surface area contributed by atoms with Crippen LogP contribution in [-0.4, -0.2) is 40.1 Å². The van der Waals surface area contributed by atoms with Crippen LogP contribution in [0.1, 0.15) is 31.3 Å². The van der Waals surface area contributed by atoms with Gasteiger partial charge in [0.05, 0.1) is 22.5 Å². The first-order valence-electron chi connectivity index (χ1n) is 6.62. The van der Waals surface area contributed by atoms with Gasteiger partial charge in [-0.1, -0.05) is 0 Å². The van der Waals surface area contributed by atoms with Gasteiger partial charge in [0.25, 0.3) is 0 Å². The Labute approximate surface area is 138 Å². The highest BCUT2D eigenvalue weighted by Crippen LogP contribution is 2.22. The second-order valence-electron chi connectivity index (χ2n) is 4.60. The zero-order valence-electron chi connectivity index (χ0n) is 12.5. The maximum Gasteiger partial charge on any atom is 0.329 e. The van der Waals surface area contributed by atoms with Gasteiger partial charge in [0.2, 0.25) is 5.91 Å². The quantitative estimate of drug-likeness (QED) is 0.585. The molecule has 6 nitrogen and oxygen atoms in total. The lowest BCUT2D eigenvalue weighted by atomic mass is 10.2. The van der Waals surface area contributed by atoms with Crippen LogP contribution in [0.4, 0.5) is 0 Å². The Kier molecular flexibility index (Phi) is 6.73. The van der Waals surface area contributed by atoms with Crippen molar-refractivity contribution in [1.82, 2.24) is 15.1 Å². The number of nitrogens with zero attached hydrogens (tertiary/aromatic N) is 2. The van der Waals surface area contributed by atoms with E-state index in [1.807, 2.05) is 13.8 Å². The van der Waals surface area contributed by atoms with E-state index in [1.165, 1.54) is 0 Å². The van der Waals surface area contributed by atoms with Gasteiger partial charge in [-0.2, -0.15) is 17.7 Å². The van der Waals surface area contributed by atoms with Crippen molar-refractivity contribution < 1.29 is 14.3 Å². The van der Waals surface area contributed by atoms with E-state index >= 15 is 0 Å². The summed E-state index contributed by atoms with van der Waals surface area (Å²) in [5, 5.41) is 6.96. The predicted molar refractivity (Wildman–Crippen MR) is 86.5 cm³/mol. The normalized spacial score (nSPS) is 13.6. The number of carbonyl (C=O) groups excluding carboxylic acids is 2. The monoisotopic (exact) mass is 377 g/mol. The van der Waals surface area contributed by atoms with Crippen molar-refractivity contribution in [3.8, 4) is 0 Å². The summed E-state index contributed by atoms with van der Waals surface area (Å²) in [6.45, 7) is 7.43. The van der Waals surface area contributed by atoms with Crippen molar-refractivity contribution in [2.45, 2.75) is 39.8 Å². The van der Waals surface area contributed by atoms with E-state index in [0.29, 0.717) is 0 Å². The van der Waals surface area contributed by atoms with Crippen LogP contribution in [0.15, 0.2) is 4.47 Å². The number of halogens is 1. The molecule has 1 aromatic heterocycles. The number of aryl methyl sites for hydroxylation is 1. The number of esters is 1. The molecular formula is C13H20BrN3O3S. The molecule has 0 aliphatic heterocycles. The summed E-state index contributed by atoms with van der Waals surface area (Å²) in [6.07, 6.45) is 0. The van der Waals surface area contributed by atoms with Crippen LogP contribution in [0.5, 0.6) is 0 Å². The van der Waals surface area contributed by atoms with Crippen molar-refractivity contribution >= 4 is 40.4 Å². The number of amides is 1. The fourth-order valence-electron chi connectivity index (χ4n) is 1.85. The summed E-state index contributed by atoms with van der Waals surface area (Å²) >= 11 is 7.50. The molecule has 0 saturated carbocycles. The van der Waals surface area contributed by atoms with E-state index in [4.69, 9.17) is 4.74 Å². The molecule has 1 amide bonds. The average molecular weight is 378 g/mol. The van der Waals surface area contributed by atoms with E-state index < -0.39 is 18.1 Å². The predicted octanol–water partition coefficient (Wildman–Crippen LogP) is 1.80. The van der Waals surface area contributed by atoms with Gasteiger partial charge in [-0.25, -0.2) is 4.79 Å². The van der Waals surface area contributed by atoms with Crippen LogP contribution in [0.25, 0.3) is 0 Å². The summed E-state index contributed by atoms with van der Waals surface area (Å²) in [4.78, 5) is 23.9. The fraction of sp³-hybridized carbons (Fsp3) is 0.615. The molecule has 1 heterocycles. The van der Waals surface area contributed by atoms with Gasteiger partial charge in [0.15, 0.2) is 0 Å². The Balaban J connectivity index is 2.82. The lowest BCUT2D eigenvalue weighted by Crippen LogP contribution is -2.45. The lowest BCUT2D eigenvalue weighted by molar-refractivity contribution is -0.147. The van der Waals surface area contributed by atoms with Gasteiger partial charge in [-0.3, -0.25) is 9.48 Å². The van der Waals surface area contributed by atoms with Crippen LogP contribution in [0.2, 0.25) is 0 Å². The molecule has 0 aliphatic rings. The number of hydrogen-bond donors (Lipinski definition) is 2. The van der Waals surface area contributed by atoms with Gasteiger partial charge in [0.1, 0.15) is 12.1 Å². The maximum atomic E-state index is 12.3. The minimum absolute atomic E-state index is 0.179. The number of ether oxygens (including phenoxy) is 1. The molecule has 1 unspecified atom stereocenters. The largest absolute Gasteiger partial charge is 0.464 e. The molecule has 0 aliphatic carbocycles. The van der Waals surface area contributed by atoms with Crippen LogP contribution in [-0.2, 0) is 14.3 Å². The number of rotatable bonds is 6. The molecule has 2 atom stereocenters. The molecule has 8 heteroatoms. The summed E-state index contributed by atoms with van der Waals surface area (Å²) in [6, 6.07) is -1.30. The van der Waals surface area contributed by atoms with Crippen molar-refractivity contribution in [2.75, 3.05) is 12.4 Å². The second-order valence-corrected chi connectivity index (χ2v) is 5.76. The zero-order valence-corrected chi connectivity index (χ0v) is 15.0. The Morgan fingerprint density at radius 3 is 2.52 bits per heavy atom. The number of aromatic nitrogens is 2. The van der Waals surface area contributed by atoms with E-state index in [0.717, 1.165) is 15.9 Å². The molecular weight excluding hydrogens is 358 g/mol. The topological polar surface area (TPSA) is 73.2 Å². The molecule has 0 spiro atoms. The fourth-order valence-corrected chi connectivity index (χ4v) is 2.35. The molecule has 118 valence electrons. The highest BCUT2D eigenvalue weighted by molar-refractivity contribution is 9.10. The Hall–Kier alpha value is -1.02.